The Morgan fingerprint density at radius 2 is 1.82 bits per heavy atom. The van der Waals surface area contributed by atoms with Gasteiger partial charge in [0.1, 0.15) is 12.4 Å². The molecule has 0 radical (unpaired) electrons. The van der Waals surface area contributed by atoms with Gasteiger partial charge in [0.2, 0.25) is 0 Å². The van der Waals surface area contributed by atoms with E-state index in [1.807, 2.05) is 30.3 Å². The lowest BCUT2D eigenvalue weighted by Gasteiger charge is -2.28. The van der Waals surface area contributed by atoms with Crippen LogP contribution in [0.15, 0.2) is 73.1 Å². The van der Waals surface area contributed by atoms with Gasteiger partial charge in [0.15, 0.2) is 0 Å². The molecule has 1 aliphatic carbocycles. The van der Waals surface area contributed by atoms with Crippen molar-refractivity contribution in [3.63, 3.8) is 0 Å². The number of hydrogen-bond acceptors (Lipinski definition) is 3. The van der Waals surface area contributed by atoms with Crippen LogP contribution in [0, 0.1) is 5.92 Å². The second-order valence-corrected chi connectivity index (χ2v) is 8.52. The minimum atomic E-state index is -4.39. The molecule has 1 aliphatic rings. The lowest BCUT2D eigenvalue weighted by atomic mass is 9.80. The van der Waals surface area contributed by atoms with Crippen LogP contribution in [0.2, 0.25) is 0 Å². The lowest BCUT2D eigenvalue weighted by molar-refractivity contribution is -0.137. The Morgan fingerprint density at radius 3 is 2.53 bits per heavy atom. The van der Waals surface area contributed by atoms with Crippen LogP contribution in [0.1, 0.15) is 48.6 Å². The molecular formula is C26H26F3N3O2. The van der Waals surface area contributed by atoms with Gasteiger partial charge in [-0.05, 0) is 49.3 Å². The summed E-state index contributed by atoms with van der Waals surface area (Å²) in [5, 5.41) is 2.75. The SMILES string of the molecule is C=C(NC(=O)OCc1ccccc1)C1CCC(c2ncc(-c3cccc(C(F)(F)F)c3)[nH]2)CC1. The monoisotopic (exact) mass is 469 g/mol. The summed E-state index contributed by atoms with van der Waals surface area (Å²) in [6.45, 7) is 4.21. The number of alkyl halides is 3. The second kappa shape index (κ2) is 10.2. The minimum absolute atomic E-state index is 0.137. The highest BCUT2D eigenvalue weighted by molar-refractivity contribution is 5.69. The fraction of sp³-hybridized carbons (Fsp3) is 0.308. The van der Waals surface area contributed by atoms with E-state index < -0.39 is 17.8 Å². The van der Waals surface area contributed by atoms with Crippen molar-refractivity contribution in [1.82, 2.24) is 15.3 Å². The van der Waals surface area contributed by atoms with E-state index in [1.54, 1.807) is 12.3 Å². The van der Waals surface area contributed by atoms with Crippen LogP contribution in [0.5, 0.6) is 0 Å². The van der Waals surface area contributed by atoms with E-state index in [2.05, 4.69) is 21.9 Å². The summed E-state index contributed by atoms with van der Waals surface area (Å²) in [5.74, 6) is 1.08. The van der Waals surface area contributed by atoms with Crippen molar-refractivity contribution in [3.8, 4) is 11.3 Å². The number of nitrogens with one attached hydrogen (secondary N) is 2. The number of halogens is 3. The molecule has 1 amide bonds. The van der Waals surface area contributed by atoms with Gasteiger partial charge in [-0.25, -0.2) is 9.78 Å². The van der Waals surface area contributed by atoms with E-state index in [0.717, 1.165) is 49.2 Å². The van der Waals surface area contributed by atoms with E-state index in [0.29, 0.717) is 17.0 Å². The van der Waals surface area contributed by atoms with Crippen LogP contribution in [0.4, 0.5) is 18.0 Å². The van der Waals surface area contributed by atoms with Gasteiger partial charge in [-0.1, -0.05) is 49.0 Å². The Balaban J connectivity index is 1.28. The van der Waals surface area contributed by atoms with Crippen molar-refractivity contribution >= 4 is 6.09 Å². The maximum Gasteiger partial charge on any atom is 0.416 e. The zero-order valence-electron chi connectivity index (χ0n) is 18.6. The van der Waals surface area contributed by atoms with Crippen molar-refractivity contribution in [1.29, 1.82) is 0 Å². The molecule has 1 aromatic heterocycles. The van der Waals surface area contributed by atoms with Gasteiger partial charge in [0.25, 0.3) is 0 Å². The average Bonchev–Trinajstić information content (AvgIpc) is 3.33. The van der Waals surface area contributed by atoms with Crippen molar-refractivity contribution in [2.75, 3.05) is 0 Å². The molecule has 0 atom stereocenters. The second-order valence-electron chi connectivity index (χ2n) is 8.52. The third-order valence-electron chi connectivity index (χ3n) is 6.18. The molecule has 0 aliphatic heterocycles. The Kier molecular flexibility index (Phi) is 7.05. The Morgan fingerprint density at radius 1 is 1.09 bits per heavy atom. The van der Waals surface area contributed by atoms with E-state index in [9.17, 15) is 18.0 Å². The van der Waals surface area contributed by atoms with E-state index in [-0.39, 0.29) is 18.4 Å². The molecule has 4 rings (SSSR count). The van der Waals surface area contributed by atoms with Crippen molar-refractivity contribution < 1.29 is 22.7 Å². The molecule has 8 heteroatoms. The third kappa shape index (κ3) is 5.87. The predicted molar refractivity (Wildman–Crippen MR) is 123 cm³/mol. The van der Waals surface area contributed by atoms with Crippen LogP contribution in [0.25, 0.3) is 11.3 Å². The summed E-state index contributed by atoms with van der Waals surface area (Å²) in [5.41, 5.74) is 1.88. The number of aromatic nitrogens is 2. The number of aromatic amines is 1. The van der Waals surface area contributed by atoms with E-state index in [4.69, 9.17) is 4.74 Å². The predicted octanol–water partition coefficient (Wildman–Crippen LogP) is 6.81. The molecule has 1 fully saturated rings. The standard InChI is InChI=1S/C26H26F3N3O2/c1-17(31-25(33)34-16-18-6-3-2-4-7-18)19-10-12-20(13-11-19)24-30-15-23(32-24)21-8-5-9-22(14-21)26(27,28)29/h2-9,14-15,19-20H,1,10-13,16H2,(H,30,32)(H,31,33). The molecule has 1 saturated carbocycles. The molecule has 0 unspecified atom stereocenters. The number of allylic oxidation sites excluding steroid dienone is 1. The Labute approximate surface area is 196 Å². The smallest absolute Gasteiger partial charge is 0.416 e. The molecule has 34 heavy (non-hydrogen) atoms. The topological polar surface area (TPSA) is 67.0 Å². The van der Waals surface area contributed by atoms with E-state index >= 15 is 0 Å². The Bertz CT molecular complexity index is 1130. The highest BCUT2D eigenvalue weighted by Crippen LogP contribution is 2.38. The maximum absolute atomic E-state index is 13.0. The molecule has 0 bridgehead atoms. The Hall–Kier alpha value is -3.55. The van der Waals surface area contributed by atoms with Crippen molar-refractivity contribution in [2.24, 2.45) is 5.92 Å². The summed E-state index contributed by atoms with van der Waals surface area (Å²) in [6.07, 6.45) is -0.0148. The number of alkyl carbamates (subject to hydrolysis) is 1. The zero-order valence-corrected chi connectivity index (χ0v) is 18.6. The number of carbonyl (C=O) groups excluding carboxylic acids is 1. The number of carbonyl (C=O) groups is 1. The maximum atomic E-state index is 13.0. The number of H-pyrrole nitrogens is 1. The van der Waals surface area contributed by atoms with Gasteiger partial charge in [-0.3, -0.25) is 5.32 Å². The first-order chi connectivity index (χ1) is 16.3. The van der Waals surface area contributed by atoms with E-state index in [1.165, 1.54) is 6.07 Å². The largest absolute Gasteiger partial charge is 0.444 e. The summed E-state index contributed by atoms with van der Waals surface area (Å²) in [6, 6.07) is 14.7. The summed E-state index contributed by atoms with van der Waals surface area (Å²) >= 11 is 0. The zero-order chi connectivity index (χ0) is 24.1. The molecular weight excluding hydrogens is 443 g/mol. The number of imidazole rings is 1. The fourth-order valence-corrected chi connectivity index (χ4v) is 4.26. The minimum Gasteiger partial charge on any atom is -0.444 e. The molecule has 3 aromatic rings. The average molecular weight is 470 g/mol. The molecule has 178 valence electrons. The normalized spacial score (nSPS) is 18.3. The van der Waals surface area contributed by atoms with Crippen molar-refractivity contribution in [2.45, 2.75) is 44.4 Å². The van der Waals surface area contributed by atoms with Gasteiger partial charge in [-0.2, -0.15) is 13.2 Å². The first-order valence-corrected chi connectivity index (χ1v) is 11.2. The van der Waals surface area contributed by atoms with Crippen LogP contribution in [-0.2, 0) is 17.5 Å². The van der Waals surface area contributed by atoms with Crippen molar-refractivity contribution in [3.05, 3.63) is 90.0 Å². The van der Waals surface area contributed by atoms with Crippen LogP contribution in [0.3, 0.4) is 0 Å². The van der Waals surface area contributed by atoms with Gasteiger partial charge in [0.05, 0.1) is 17.5 Å². The molecule has 0 spiro atoms. The van der Waals surface area contributed by atoms with Crippen LogP contribution >= 0.6 is 0 Å². The lowest BCUT2D eigenvalue weighted by Crippen LogP contribution is -2.29. The molecule has 2 aromatic carbocycles. The van der Waals surface area contributed by atoms with Gasteiger partial charge >= 0.3 is 12.3 Å². The fourth-order valence-electron chi connectivity index (χ4n) is 4.26. The molecule has 0 saturated heterocycles. The quantitative estimate of drug-likeness (QED) is 0.417. The number of amides is 1. The highest BCUT2D eigenvalue weighted by atomic mass is 19.4. The van der Waals surface area contributed by atoms with Gasteiger partial charge in [0, 0.05) is 17.2 Å². The highest BCUT2D eigenvalue weighted by Gasteiger charge is 2.31. The summed E-state index contributed by atoms with van der Waals surface area (Å²) in [4.78, 5) is 19.7. The summed E-state index contributed by atoms with van der Waals surface area (Å²) < 4.78 is 44.3. The molecule has 2 N–H and O–H groups in total. The first-order valence-electron chi connectivity index (χ1n) is 11.2. The van der Waals surface area contributed by atoms with Crippen LogP contribution in [-0.4, -0.2) is 16.1 Å². The summed E-state index contributed by atoms with van der Waals surface area (Å²) in [7, 11) is 0. The number of ether oxygens (including phenoxy) is 1. The number of rotatable bonds is 6. The van der Waals surface area contributed by atoms with Crippen LogP contribution < -0.4 is 5.32 Å². The molecule has 1 heterocycles. The van der Waals surface area contributed by atoms with Gasteiger partial charge in [-0.15, -0.1) is 0 Å². The third-order valence-corrected chi connectivity index (χ3v) is 6.18. The number of benzene rings is 2. The molecule has 5 nitrogen and oxygen atoms in total. The number of hydrogen-bond donors (Lipinski definition) is 2. The number of nitrogens with zero attached hydrogens (tertiary/aromatic N) is 1. The first kappa shape index (κ1) is 23.6. The van der Waals surface area contributed by atoms with Gasteiger partial charge < -0.3 is 9.72 Å².